The number of nitrogens with zero attached hydrogens (tertiary/aromatic N) is 1. The lowest BCUT2D eigenvalue weighted by molar-refractivity contribution is -0.136. The van der Waals surface area contributed by atoms with Gasteiger partial charge < -0.3 is 0 Å². The molecule has 2 aliphatic rings. The fraction of sp³-hybridized carbons (Fsp3) is 0.261. The second-order valence-corrected chi connectivity index (χ2v) is 8.11. The van der Waals surface area contributed by atoms with E-state index < -0.39 is 29.7 Å². The van der Waals surface area contributed by atoms with E-state index in [1.165, 1.54) is 0 Å². The number of halogens is 1. The van der Waals surface area contributed by atoms with E-state index >= 15 is 0 Å². The standard InChI is InChI=1S/C23H19ClN2O5/c24-15-5-1-13(2-6-15)11-16(27)7-3-14-4-8-17-18(12-14)23(31)26(22(17)30)19-9-10-20(28)25-21(19)29/h1-2,4-6,8,12,19H,3,7,9-11H2,(H,25,28,29). The normalized spacial score (nSPS) is 18.2. The van der Waals surface area contributed by atoms with Gasteiger partial charge >= 0.3 is 0 Å². The summed E-state index contributed by atoms with van der Waals surface area (Å²) in [5, 5.41) is 2.78. The summed E-state index contributed by atoms with van der Waals surface area (Å²) in [5.74, 6) is -2.10. The number of fused-ring (bicyclic) bond motifs is 1. The molecular formula is C23H19ClN2O5. The lowest BCUT2D eigenvalue weighted by atomic mass is 9.99. The molecule has 2 aliphatic heterocycles. The number of aryl methyl sites for hydroxylation is 1. The first kappa shape index (κ1) is 20.9. The van der Waals surface area contributed by atoms with Gasteiger partial charge in [0.25, 0.3) is 11.8 Å². The van der Waals surface area contributed by atoms with E-state index in [0.29, 0.717) is 24.3 Å². The van der Waals surface area contributed by atoms with Crippen molar-refractivity contribution in [2.45, 2.75) is 38.1 Å². The van der Waals surface area contributed by atoms with Gasteiger partial charge in [0.2, 0.25) is 11.8 Å². The van der Waals surface area contributed by atoms with Crippen molar-refractivity contribution in [2.75, 3.05) is 0 Å². The van der Waals surface area contributed by atoms with Gasteiger partial charge in [-0.15, -0.1) is 0 Å². The molecule has 0 radical (unpaired) electrons. The molecule has 1 N–H and O–H groups in total. The predicted molar refractivity (Wildman–Crippen MR) is 112 cm³/mol. The molecule has 2 aromatic carbocycles. The van der Waals surface area contributed by atoms with Gasteiger partial charge in [-0.1, -0.05) is 29.8 Å². The maximum absolute atomic E-state index is 12.9. The Bertz CT molecular complexity index is 1110. The molecule has 1 saturated heterocycles. The molecule has 0 aliphatic carbocycles. The number of ketones is 1. The maximum atomic E-state index is 12.9. The van der Waals surface area contributed by atoms with E-state index in [1.807, 2.05) is 12.1 Å². The van der Waals surface area contributed by atoms with Crippen molar-refractivity contribution in [1.82, 2.24) is 10.2 Å². The van der Waals surface area contributed by atoms with Crippen LogP contribution in [0.1, 0.15) is 51.1 Å². The van der Waals surface area contributed by atoms with Crippen LogP contribution < -0.4 is 5.32 Å². The Morgan fingerprint density at radius 2 is 1.65 bits per heavy atom. The molecule has 2 heterocycles. The molecule has 0 aromatic heterocycles. The van der Waals surface area contributed by atoms with Gasteiger partial charge in [0.1, 0.15) is 11.8 Å². The number of imide groups is 2. The minimum Gasteiger partial charge on any atom is -0.299 e. The average molecular weight is 439 g/mol. The number of amides is 4. The Hall–Kier alpha value is -3.32. The van der Waals surface area contributed by atoms with Crippen LogP contribution in [0.15, 0.2) is 42.5 Å². The maximum Gasteiger partial charge on any atom is 0.262 e. The van der Waals surface area contributed by atoms with Crippen LogP contribution >= 0.6 is 11.6 Å². The number of nitrogens with one attached hydrogen (secondary N) is 1. The molecule has 8 heteroatoms. The lowest BCUT2D eigenvalue weighted by Crippen LogP contribution is -2.54. The van der Waals surface area contributed by atoms with Gasteiger partial charge in [-0.2, -0.15) is 0 Å². The highest BCUT2D eigenvalue weighted by molar-refractivity contribution is 6.30. The first-order valence-electron chi connectivity index (χ1n) is 9.94. The Labute approximate surface area is 183 Å². The summed E-state index contributed by atoms with van der Waals surface area (Å²) in [6.07, 6.45) is 1.20. The monoisotopic (exact) mass is 438 g/mol. The molecule has 4 rings (SSSR count). The van der Waals surface area contributed by atoms with Gasteiger partial charge in [-0.25, -0.2) is 0 Å². The van der Waals surface area contributed by atoms with Crippen molar-refractivity contribution in [3.05, 3.63) is 69.7 Å². The summed E-state index contributed by atoms with van der Waals surface area (Å²) in [4.78, 5) is 62.3. The highest BCUT2D eigenvalue weighted by atomic mass is 35.5. The molecular weight excluding hydrogens is 420 g/mol. The zero-order valence-electron chi connectivity index (χ0n) is 16.5. The molecule has 0 bridgehead atoms. The molecule has 4 amide bonds. The van der Waals surface area contributed by atoms with E-state index in [1.54, 1.807) is 30.3 Å². The van der Waals surface area contributed by atoms with Crippen LogP contribution in [0.5, 0.6) is 0 Å². The van der Waals surface area contributed by atoms with Crippen LogP contribution in [0.2, 0.25) is 5.02 Å². The number of carbonyl (C=O) groups is 5. The van der Waals surface area contributed by atoms with E-state index in [9.17, 15) is 24.0 Å². The fourth-order valence-electron chi connectivity index (χ4n) is 3.88. The summed E-state index contributed by atoms with van der Waals surface area (Å²) >= 11 is 5.86. The minimum atomic E-state index is -0.991. The fourth-order valence-corrected chi connectivity index (χ4v) is 4.00. The summed E-state index contributed by atoms with van der Waals surface area (Å²) in [7, 11) is 0. The number of piperidine rings is 1. The molecule has 158 valence electrons. The topological polar surface area (TPSA) is 101 Å². The average Bonchev–Trinajstić information content (AvgIpc) is 2.98. The molecule has 1 fully saturated rings. The van der Waals surface area contributed by atoms with Gasteiger partial charge in [-0.3, -0.25) is 34.2 Å². The minimum absolute atomic E-state index is 0.0513. The van der Waals surface area contributed by atoms with Gasteiger partial charge in [0, 0.05) is 24.3 Å². The van der Waals surface area contributed by atoms with Crippen LogP contribution in [0.3, 0.4) is 0 Å². The van der Waals surface area contributed by atoms with Crippen molar-refractivity contribution in [2.24, 2.45) is 0 Å². The molecule has 0 spiro atoms. The van der Waals surface area contributed by atoms with Gasteiger partial charge in [0.15, 0.2) is 0 Å². The zero-order valence-corrected chi connectivity index (χ0v) is 17.3. The summed E-state index contributed by atoms with van der Waals surface area (Å²) < 4.78 is 0. The highest BCUT2D eigenvalue weighted by Gasteiger charge is 2.44. The van der Waals surface area contributed by atoms with Crippen LogP contribution in [0.4, 0.5) is 0 Å². The van der Waals surface area contributed by atoms with Crippen molar-refractivity contribution in [1.29, 1.82) is 0 Å². The first-order valence-corrected chi connectivity index (χ1v) is 10.3. The zero-order chi connectivity index (χ0) is 22.1. The third-order valence-electron chi connectivity index (χ3n) is 5.51. The second-order valence-electron chi connectivity index (χ2n) is 7.67. The van der Waals surface area contributed by atoms with E-state index in [-0.39, 0.29) is 29.8 Å². The number of rotatable bonds is 6. The van der Waals surface area contributed by atoms with Crippen molar-refractivity contribution < 1.29 is 24.0 Å². The largest absolute Gasteiger partial charge is 0.299 e. The van der Waals surface area contributed by atoms with Gasteiger partial charge in [0.05, 0.1) is 11.1 Å². The SMILES string of the molecule is O=C(CCc1ccc2c(c1)C(=O)N(C1CCC(=O)NC1=O)C2=O)Cc1ccc(Cl)cc1. The van der Waals surface area contributed by atoms with Gasteiger partial charge in [-0.05, 0) is 48.2 Å². The quantitative estimate of drug-likeness (QED) is 0.698. The second kappa shape index (κ2) is 8.43. The summed E-state index contributed by atoms with van der Waals surface area (Å²) in [6, 6.07) is 11.0. The smallest absolute Gasteiger partial charge is 0.262 e. The lowest BCUT2D eigenvalue weighted by Gasteiger charge is -2.27. The Morgan fingerprint density at radius 3 is 2.35 bits per heavy atom. The number of hydrogen-bond acceptors (Lipinski definition) is 5. The number of carbonyl (C=O) groups excluding carboxylic acids is 5. The third-order valence-corrected chi connectivity index (χ3v) is 5.76. The molecule has 1 atom stereocenters. The first-order chi connectivity index (χ1) is 14.8. The number of hydrogen-bond donors (Lipinski definition) is 1. The van der Waals surface area contributed by atoms with Crippen molar-refractivity contribution in [3.8, 4) is 0 Å². The number of benzene rings is 2. The molecule has 7 nitrogen and oxygen atoms in total. The Balaban J connectivity index is 1.43. The molecule has 2 aromatic rings. The van der Waals surface area contributed by atoms with E-state index in [2.05, 4.69) is 5.32 Å². The summed E-state index contributed by atoms with van der Waals surface area (Å²) in [5.41, 5.74) is 2.08. The van der Waals surface area contributed by atoms with Crippen molar-refractivity contribution in [3.63, 3.8) is 0 Å². The summed E-state index contributed by atoms with van der Waals surface area (Å²) in [6.45, 7) is 0. The Morgan fingerprint density at radius 1 is 0.968 bits per heavy atom. The highest BCUT2D eigenvalue weighted by Crippen LogP contribution is 2.28. The molecule has 31 heavy (non-hydrogen) atoms. The molecule has 0 saturated carbocycles. The predicted octanol–water partition coefficient (Wildman–Crippen LogP) is 2.49. The van der Waals surface area contributed by atoms with E-state index in [0.717, 1.165) is 16.0 Å². The van der Waals surface area contributed by atoms with Crippen LogP contribution in [-0.4, -0.2) is 40.4 Å². The van der Waals surface area contributed by atoms with E-state index in [4.69, 9.17) is 11.6 Å². The van der Waals surface area contributed by atoms with Crippen LogP contribution in [0, 0.1) is 0 Å². The van der Waals surface area contributed by atoms with Crippen LogP contribution in [-0.2, 0) is 27.2 Å². The molecule has 1 unspecified atom stereocenters. The number of Topliss-reactive ketones (excluding diaryl/α,β-unsaturated/α-hetero) is 1. The Kier molecular flexibility index (Phi) is 5.69. The third kappa shape index (κ3) is 4.27. The van der Waals surface area contributed by atoms with Crippen molar-refractivity contribution >= 4 is 41.0 Å². The van der Waals surface area contributed by atoms with Crippen LogP contribution in [0.25, 0.3) is 0 Å².